The van der Waals surface area contributed by atoms with Gasteiger partial charge < -0.3 is 29.5 Å². The molecule has 170 valence electrons. The van der Waals surface area contributed by atoms with E-state index in [1.807, 2.05) is 30.3 Å². The second-order valence-electron chi connectivity index (χ2n) is 7.66. The highest BCUT2D eigenvalue weighted by Gasteiger charge is 2.24. The third-order valence-electron chi connectivity index (χ3n) is 5.52. The standard InChI is InChI=1S/C23H29N5O4/c1-15-14-32-11-9-28(15)22-18-5-6-19(16-4-7-20(31-3)17(12-16)13-29)25-21(18)26-23(27-22)24-8-10-30-2/h4-7,12,15,29H,8-11,13-14H2,1-3H3,(H,24,25,26,27)/t15-/m0/s1. The van der Waals surface area contributed by atoms with E-state index in [0.29, 0.717) is 49.3 Å². The molecule has 1 aromatic carbocycles. The van der Waals surface area contributed by atoms with Crippen LogP contribution in [0.5, 0.6) is 5.75 Å². The van der Waals surface area contributed by atoms with Gasteiger partial charge in [0.05, 0.1) is 50.7 Å². The largest absolute Gasteiger partial charge is 0.496 e. The van der Waals surface area contributed by atoms with Crippen molar-refractivity contribution >= 4 is 22.8 Å². The lowest BCUT2D eigenvalue weighted by Gasteiger charge is -2.34. The fraction of sp³-hybridized carbons (Fsp3) is 0.435. The minimum absolute atomic E-state index is 0.112. The molecule has 1 aliphatic rings. The first kappa shape index (κ1) is 22.2. The van der Waals surface area contributed by atoms with Crippen LogP contribution in [0.1, 0.15) is 12.5 Å². The van der Waals surface area contributed by atoms with Crippen LogP contribution in [0.4, 0.5) is 11.8 Å². The van der Waals surface area contributed by atoms with Gasteiger partial charge in [0.1, 0.15) is 11.6 Å². The van der Waals surface area contributed by atoms with Crippen LogP contribution in [0.15, 0.2) is 30.3 Å². The summed E-state index contributed by atoms with van der Waals surface area (Å²) < 4.78 is 16.1. The SMILES string of the molecule is COCCNc1nc(N2CCOC[C@@H]2C)c2ccc(-c3ccc(OC)c(CO)c3)nc2n1. The summed E-state index contributed by atoms with van der Waals surface area (Å²) in [6.07, 6.45) is 0. The van der Waals surface area contributed by atoms with E-state index in [2.05, 4.69) is 22.1 Å². The summed E-state index contributed by atoms with van der Waals surface area (Å²) in [4.78, 5) is 16.6. The van der Waals surface area contributed by atoms with E-state index < -0.39 is 0 Å². The molecule has 1 aliphatic heterocycles. The van der Waals surface area contributed by atoms with Gasteiger partial charge in [-0.2, -0.15) is 9.97 Å². The zero-order valence-corrected chi connectivity index (χ0v) is 18.7. The van der Waals surface area contributed by atoms with Crippen molar-refractivity contribution in [3.05, 3.63) is 35.9 Å². The minimum atomic E-state index is -0.112. The molecule has 0 unspecified atom stereocenters. The summed E-state index contributed by atoms with van der Waals surface area (Å²) >= 11 is 0. The van der Waals surface area contributed by atoms with Gasteiger partial charge in [-0.3, -0.25) is 0 Å². The number of aromatic nitrogens is 3. The fourth-order valence-electron chi connectivity index (χ4n) is 3.82. The molecule has 4 rings (SSSR count). The van der Waals surface area contributed by atoms with Crippen LogP contribution in [-0.4, -0.2) is 73.2 Å². The van der Waals surface area contributed by atoms with Crippen molar-refractivity contribution in [1.29, 1.82) is 0 Å². The number of pyridine rings is 1. The Morgan fingerprint density at radius 3 is 2.81 bits per heavy atom. The molecule has 0 amide bonds. The molecule has 0 aliphatic carbocycles. The van der Waals surface area contributed by atoms with Gasteiger partial charge >= 0.3 is 0 Å². The molecule has 1 atom stereocenters. The zero-order chi connectivity index (χ0) is 22.5. The minimum Gasteiger partial charge on any atom is -0.496 e. The molecule has 3 heterocycles. The van der Waals surface area contributed by atoms with Gasteiger partial charge in [0.25, 0.3) is 0 Å². The third kappa shape index (κ3) is 4.59. The van der Waals surface area contributed by atoms with Crippen molar-refractivity contribution in [2.24, 2.45) is 0 Å². The number of nitrogens with zero attached hydrogens (tertiary/aromatic N) is 4. The van der Waals surface area contributed by atoms with Crippen LogP contribution >= 0.6 is 0 Å². The second kappa shape index (κ2) is 10.1. The number of nitrogens with one attached hydrogen (secondary N) is 1. The monoisotopic (exact) mass is 439 g/mol. The molecule has 0 saturated carbocycles. The number of benzene rings is 1. The Bertz CT molecular complexity index is 1080. The Kier molecular flexibility index (Phi) is 6.99. The van der Waals surface area contributed by atoms with Crippen LogP contribution in [-0.2, 0) is 16.1 Å². The van der Waals surface area contributed by atoms with Gasteiger partial charge in [-0.1, -0.05) is 0 Å². The summed E-state index contributed by atoms with van der Waals surface area (Å²) in [7, 11) is 3.25. The summed E-state index contributed by atoms with van der Waals surface area (Å²) in [5.74, 6) is 2.00. The maximum absolute atomic E-state index is 9.68. The lowest BCUT2D eigenvalue weighted by atomic mass is 10.1. The number of methoxy groups -OCH3 is 2. The van der Waals surface area contributed by atoms with E-state index in [4.69, 9.17) is 24.2 Å². The van der Waals surface area contributed by atoms with Gasteiger partial charge in [-0.25, -0.2) is 4.98 Å². The molecular formula is C23H29N5O4. The molecule has 9 heteroatoms. The fourth-order valence-corrected chi connectivity index (χ4v) is 3.82. The molecule has 9 nitrogen and oxygen atoms in total. The molecule has 1 fully saturated rings. The second-order valence-corrected chi connectivity index (χ2v) is 7.66. The van der Waals surface area contributed by atoms with Crippen LogP contribution in [0.2, 0.25) is 0 Å². The van der Waals surface area contributed by atoms with Gasteiger partial charge in [0.2, 0.25) is 5.95 Å². The van der Waals surface area contributed by atoms with Crippen molar-refractivity contribution < 1.29 is 19.3 Å². The van der Waals surface area contributed by atoms with Gasteiger partial charge in [-0.15, -0.1) is 0 Å². The number of fused-ring (bicyclic) bond motifs is 1. The van der Waals surface area contributed by atoms with Crippen LogP contribution in [0.25, 0.3) is 22.3 Å². The number of ether oxygens (including phenoxy) is 3. The highest BCUT2D eigenvalue weighted by Crippen LogP contribution is 2.31. The molecule has 0 bridgehead atoms. The van der Waals surface area contributed by atoms with Crippen LogP contribution < -0.4 is 15.0 Å². The van der Waals surface area contributed by atoms with E-state index in [1.54, 1.807) is 14.2 Å². The molecule has 3 aromatic rings. The van der Waals surface area contributed by atoms with E-state index in [-0.39, 0.29) is 12.6 Å². The number of aliphatic hydroxyl groups is 1. The lowest BCUT2D eigenvalue weighted by molar-refractivity contribution is 0.0987. The quantitative estimate of drug-likeness (QED) is 0.513. The Morgan fingerprint density at radius 2 is 2.06 bits per heavy atom. The normalized spacial score (nSPS) is 16.4. The number of hydrogen-bond donors (Lipinski definition) is 2. The topological polar surface area (TPSA) is 102 Å². The molecular weight excluding hydrogens is 410 g/mol. The van der Waals surface area contributed by atoms with Crippen LogP contribution in [0, 0.1) is 0 Å². The van der Waals surface area contributed by atoms with Crippen molar-refractivity contribution in [2.45, 2.75) is 19.6 Å². The number of hydrogen-bond acceptors (Lipinski definition) is 9. The van der Waals surface area contributed by atoms with E-state index in [9.17, 15) is 5.11 Å². The summed E-state index contributed by atoms with van der Waals surface area (Å²) in [6.45, 7) is 5.22. The summed E-state index contributed by atoms with van der Waals surface area (Å²) in [5, 5.41) is 13.8. The predicted molar refractivity (Wildman–Crippen MR) is 123 cm³/mol. The average Bonchev–Trinajstić information content (AvgIpc) is 2.83. The van der Waals surface area contributed by atoms with E-state index in [0.717, 1.165) is 29.0 Å². The highest BCUT2D eigenvalue weighted by molar-refractivity contribution is 5.90. The number of aliphatic hydroxyl groups excluding tert-OH is 1. The molecule has 2 N–H and O–H groups in total. The number of rotatable bonds is 8. The maximum atomic E-state index is 9.68. The lowest BCUT2D eigenvalue weighted by Crippen LogP contribution is -2.44. The van der Waals surface area contributed by atoms with E-state index in [1.165, 1.54) is 0 Å². The molecule has 0 spiro atoms. The van der Waals surface area contributed by atoms with Crippen molar-refractivity contribution in [2.75, 3.05) is 57.3 Å². The Morgan fingerprint density at radius 1 is 1.19 bits per heavy atom. The van der Waals surface area contributed by atoms with Gasteiger partial charge in [0.15, 0.2) is 5.65 Å². The highest BCUT2D eigenvalue weighted by atomic mass is 16.5. The van der Waals surface area contributed by atoms with Crippen molar-refractivity contribution in [3.63, 3.8) is 0 Å². The number of anilines is 2. The van der Waals surface area contributed by atoms with E-state index >= 15 is 0 Å². The first-order chi connectivity index (χ1) is 15.6. The van der Waals surface area contributed by atoms with Crippen molar-refractivity contribution in [1.82, 2.24) is 15.0 Å². The molecule has 32 heavy (non-hydrogen) atoms. The summed E-state index contributed by atoms with van der Waals surface area (Å²) in [5.41, 5.74) is 2.95. The van der Waals surface area contributed by atoms with Crippen LogP contribution in [0.3, 0.4) is 0 Å². The molecule has 1 saturated heterocycles. The molecule has 2 aromatic heterocycles. The Hall–Kier alpha value is -3.01. The number of morpholine rings is 1. The first-order valence-electron chi connectivity index (χ1n) is 10.7. The first-order valence-corrected chi connectivity index (χ1v) is 10.7. The van der Waals surface area contributed by atoms with Crippen molar-refractivity contribution in [3.8, 4) is 17.0 Å². The zero-order valence-electron chi connectivity index (χ0n) is 18.7. The Labute approximate surface area is 187 Å². The summed E-state index contributed by atoms with van der Waals surface area (Å²) in [6, 6.07) is 9.82. The van der Waals surface area contributed by atoms with Gasteiger partial charge in [0, 0.05) is 31.3 Å². The molecule has 0 radical (unpaired) electrons. The smallest absolute Gasteiger partial charge is 0.226 e. The average molecular weight is 440 g/mol. The van der Waals surface area contributed by atoms with Gasteiger partial charge in [-0.05, 0) is 37.3 Å². The maximum Gasteiger partial charge on any atom is 0.226 e. The third-order valence-corrected chi connectivity index (χ3v) is 5.52. The Balaban J connectivity index is 1.78. The predicted octanol–water partition coefficient (Wildman–Crippen LogP) is 2.48.